The molecule has 1 aliphatic rings. The number of hydrogen-bond donors (Lipinski definition) is 1. The van der Waals surface area contributed by atoms with Crippen molar-refractivity contribution < 1.29 is 9.90 Å². The number of Topliss-reactive ketones (excluding diaryl/α,β-unsaturated/α-hetero) is 1. The van der Waals surface area contributed by atoms with Crippen LogP contribution in [0.25, 0.3) is 0 Å². The Bertz CT molecular complexity index is 588. The summed E-state index contributed by atoms with van der Waals surface area (Å²) in [6.07, 6.45) is 2.43. The van der Waals surface area contributed by atoms with Gasteiger partial charge in [-0.25, -0.2) is 0 Å². The van der Waals surface area contributed by atoms with Gasteiger partial charge in [-0.15, -0.1) is 0 Å². The van der Waals surface area contributed by atoms with E-state index in [4.69, 9.17) is 11.6 Å². The number of carbonyl (C=O) groups excluding carboxylic acids is 1. The molecule has 0 atom stereocenters. The first-order valence-corrected chi connectivity index (χ1v) is 6.95. The van der Waals surface area contributed by atoms with Crippen molar-refractivity contribution in [3.8, 4) is 0 Å². The second-order valence-corrected chi connectivity index (χ2v) is 6.34. The van der Waals surface area contributed by atoms with Crippen molar-refractivity contribution in [3.05, 3.63) is 46.2 Å². The van der Waals surface area contributed by atoms with Gasteiger partial charge in [0.05, 0.1) is 12.1 Å². The van der Waals surface area contributed by atoms with E-state index in [0.29, 0.717) is 30.0 Å². The number of carbonyl (C=O) groups is 1. The average molecular weight is 292 g/mol. The summed E-state index contributed by atoms with van der Waals surface area (Å²) >= 11 is 5.89. The Morgan fingerprint density at radius 2 is 2.15 bits per heavy atom. The molecule has 1 aliphatic carbocycles. The number of rotatable bonds is 3. The van der Waals surface area contributed by atoms with Crippen LogP contribution < -0.4 is 0 Å². The van der Waals surface area contributed by atoms with Crippen LogP contribution in [0.2, 0.25) is 5.02 Å². The molecule has 0 fully saturated rings. The number of benzene rings is 1. The predicted molar refractivity (Wildman–Crippen MR) is 81.3 cm³/mol. The Morgan fingerprint density at radius 3 is 2.80 bits per heavy atom. The molecule has 106 valence electrons. The summed E-state index contributed by atoms with van der Waals surface area (Å²) in [6, 6.07) is 7.41. The molecule has 0 aliphatic heterocycles. The van der Waals surface area contributed by atoms with E-state index < -0.39 is 0 Å². The van der Waals surface area contributed by atoms with Crippen molar-refractivity contribution >= 4 is 23.6 Å². The quantitative estimate of drug-likeness (QED) is 0.852. The van der Waals surface area contributed by atoms with Crippen LogP contribution in [0.5, 0.6) is 0 Å². The number of aliphatic hydroxyl groups excluding tert-OH is 1. The fraction of sp³-hybridized carbons (Fsp3) is 0.375. The lowest BCUT2D eigenvalue weighted by molar-refractivity contribution is -0.117. The van der Waals surface area contributed by atoms with Crippen molar-refractivity contribution in [1.29, 1.82) is 0 Å². The van der Waals surface area contributed by atoms with Crippen molar-refractivity contribution in [2.75, 3.05) is 0 Å². The normalized spacial score (nSPS) is 18.9. The summed E-state index contributed by atoms with van der Waals surface area (Å²) in [5.41, 5.74) is 1.13. The summed E-state index contributed by atoms with van der Waals surface area (Å²) in [5.74, 6) is 0.0923. The summed E-state index contributed by atoms with van der Waals surface area (Å²) in [5, 5.41) is 10.6. The lowest BCUT2D eigenvalue weighted by Gasteiger charge is -2.28. The minimum atomic E-state index is -0.175. The molecule has 0 heterocycles. The van der Waals surface area contributed by atoms with Crippen LogP contribution in [0, 0.1) is 5.41 Å². The Labute approximate surface area is 124 Å². The number of nitrogens with zero attached hydrogens (tertiary/aromatic N) is 1. The lowest BCUT2D eigenvalue weighted by atomic mass is 9.77. The predicted octanol–water partition coefficient (Wildman–Crippen LogP) is 4.11. The van der Waals surface area contributed by atoms with E-state index in [1.165, 1.54) is 6.21 Å². The van der Waals surface area contributed by atoms with Gasteiger partial charge < -0.3 is 5.11 Å². The zero-order valence-electron chi connectivity index (χ0n) is 11.7. The molecule has 4 heteroatoms. The van der Waals surface area contributed by atoms with Crippen molar-refractivity contribution in [3.63, 3.8) is 0 Å². The topological polar surface area (TPSA) is 49.7 Å². The van der Waals surface area contributed by atoms with E-state index in [1.807, 2.05) is 32.0 Å². The molecule has 0 spiro atoms. The molecule has 3 nitrogen and oxygen atoms in total. The SMILES string of the molecule is CC1(C)CC(=O)C(C=NCc2cccc(Cl)c2)=C(O)C1. The number of ketones is 1. The first kappa shape index (κ1) is 14.8. The molecule has 0 aromatic heterocycles. The standard InChI is InChI=1S/C16H18ClNO2/c1-16(2)7-14(19)13(15(20)8-16)10-18-9-11-4-3-5-12(17)6-11/h3-6,10,19H,7-9H2,1-2H3. The van der Waals surface area contributed by atoms with Crippen LogP contribution in [0.3, 0.4) is 0 Å². The first-order valence-electron chi connectivity index (χ1n) is 6.57. The molecule has 0 saturated carbocycles. The minimum Gasteiger partial charge on any atom is -0.511 e. The molecule has 0 unspecified atom stereocenters. The molecule has 0 saturated heterocycles. The van der Waals surface area contributed by atoms with E-state index >= 15 is 0 Å². The Balaban J connectivity index is 2.09. The number of hydrogen-bond acceptors (Lipinski definition) is 3. The van der Waals surface area contributed by atoms with E-state index in [-0.39, 0.29) is 17.0 Å². The van der Waals surface area contributed by atoms with Gasteiger partial charge in [0.25, 0.3) is 0 Å². The average Bonchev–Trinajstić information content (AvgIpc) is 2.31. The Hall–Kier alpha value is -1.61. The van der Waals surface area contributed by atoms with Crippen LogP contribution in [0.15, 0.2) is 40.6 Å². The summed E-state index contributed by atoms with van der Waals surface area (Å²) in [6.45, 7) is 4.38. The number of allylic oxidation sites excluding steroid dienone is 2. The maximum atomic E-state index is 12.0. The van der Waals surface area contributed by atoms with Gasteiger partial charge in [0.1, 0.15) is 5.76 Å². The van der Waals surface area contributed by atoms with Gasteiger partial charge in [-0.3, -0.25) is 9.79 Å². The third kappa shape index (κ3) is 3.70. The summed E-state index contributed by atoms with van der Waals surface area (Å²) in [4.78, 5) is 16.2. The summed E-state index contributed by atoms with van der Waals surface area (Å²) < 4.78 is 0. The maximum absolute atomic E-state index is 12.0. The van der Waals surface area contributed by atoms with Crippen LogP contribution in [-0.2, 0) is 11.3 Å². The molecule has 1 aromatic rings. The molecule has 1 N–H and O–H groups in total. The third-order valence-electron chi connectivity index (χ3n) is 3.28. The molecule has 1 aromatic carbocycles. The number of aliphatic imine (C=N–C) groups is 1. The van der Waals surface area contributed by atoms with Crippen LogP contribution in [0.1, 0.15) is 32.3 Å². The van der Waals surface area contributed by atoms with Crippen LogP contribution >= 0.6 is 11.6 Å². The van der Waals surface area contributed by atoms with Crippen LogP contribution in [-0.4, -0.2) is 17.1 Å². The Morgan fingerprint density at radius 1 is 1.40 bits per heavy atom. The fourth-order valence-corrected chi connectivity index (χ4v) is 2.54. The molecule has 2 rings (SSSR count). The number of halogens is 1. The van der Waals surface area contributed by atoms with Gasteiger partial charge >= 0.3 is 0 Å². The van der Waals surface area contributed by atoms with Gasteiger partial charge in [0.2, 0.25) is 0 Å². The highest BCUT2D eigenvalue weighted by molar-refractivity contribution is 6.30. The second-order valence-electron chi connectivity index (χ2n) is 5.90. The van der Waals surface area contributed by atoms with Gasteiger partial charge in [-0.1, -0.05) is 37.6 Å². The van der Waals surface area contributed by atoms with Crippen molar-refractivity contribution in [2.45, 2.75) is 33.2 Å². The summed E-state index contributed by atoms with van der Waals surface area (Å²) in [7, 11) is 0. The fourth-order valence-electron chi connectivity index (χ4n) is 2.33. The van der Waals surface area contributed by atoms with Crippen molar-refractivity contribution in [1.82, 2.24) is 0 Å². The molecule has 20 heavy (non-hydrogen) atoms. The van der Waals surface area contributed by atoms with Gasteiger partial charge in [0, 0.05) is 24.1 Å². The highest BCUT2D eigenvalue weighted by Gasteiger charge is 2.32. The van der Waals surface area contributed by atoms with E-state index in [9.17, 15) is 9.90 Å². The van der Waals surface area contributed by atoms with Crippen LogP contribution in [0.4, 0.5) is 0 Å². The van der Waals surface area contributed by atoms with Gasteiger partial charge in [-0.05, 0) is 23.1 Å². The van der Waals surface area contributed by atoms with Crippen molar-refractivity contribution in [2.24, 2.45) is 10.4 Å². The van der Waals surface area contributed by atoms with Gasteiger partial charge in [-0.2, -0.15) is 0 Å². The highest BCUT2D eigenvalue weighted by atomic mass is 35.5. The smallest absolute Gasteiger partial charge is 0.168 e. The maximum Gasteiger partial charge on any atom is 0.168 e. The van der Waals surface area contributed by atoms with E-state index in [0.717, 1.165) is 5.56 Å². The first-order chi connectivity index (χ1) is 9.37. The number of aliphatic hydroxyl groups is 1. The molecule has 0 radical (unpaired) electrons. The largest absolute Gasteiger partial charge is 0.511 e. The third-order valence-corrected chi connectivity index (χ3v) is 3.51. The second kappa shape index (κ2) is 5.80. The van der Waals surface area contributed by atoms with E-state index in [2.05, 4.69) is 4.99 Å². The molecule has 0 bridgehead atoms. The molecular formula is C16H18ClNO2. The monoisotopic (exact) mass is 291 g/mol. The van der Waals surface area contributed by atoms with E-state index in [1.54, 1.807) is 6.07 Å². The molecule has 0 amide bonds. The highest BCUT2D eigenvalue weighted by Crippen LogP contribution is 2.35. The minimum absolute atomic E-state index is 0.0476. The molecular weight excluding hydrogens is 274 g/mol. The lowest BCUT2D eigenvalue weighted by Crippen LogP contribution is -2.26. The Kier molecular flexibility index (Phi) is 4.29. The zero-order chi connectivity index (χ0) is 14.8. The van der Waals surface area contributed by atoms with Gasteiger partial charge in [0.15, 0.2) is 5.78 Å². The zero-order valence-corrected chi connectivity index (χ0v) is 12.4.